The van der Waals surface area contributed by atoms with Gasteiger partial charge in [0.1, 0.15) is 0 Å². The van der Waals surface area contributed by atoms with Gasteiger partial charge in [0.15, 0.2) is 0 Å². The van der Waals surface area contributed by atoms with Gasteiger partial charge in [-0.3, -0.25) is 4.90 Å². The van der Waals surface area contributed by atoms with Crippen molar-refractivity contribution in [1.29, 1.82) is 0 Å². The van der Waals surface area contributed by atoms with E-state index in [0.29, 0.717) is 12.0 Å². The summed E-state index contributed by atoms with van der Waals surface area (Å²) in [4.78, 5) is 2.54. The van der Waals surface area contributed by atoms with Crippen molar-refractivity contribution in [2.45, 2.75) is 63.5 Å². The summed E-state index contributed by atoms with van der Waals surface area (Å²) in [7, 11) is 2.26. The second-order valence-electron chi connectivity index (χ2n) is 6.20. The van der Waals surface area contributed by atoms with E-state index in [1.54, 1.807) is 0 Å². The zero-order valence-corrected chi connectivity index (χ0v) is 10.8. The largest absolute Gasteiger partial charge is 0.411 e. The molecule has 0 aromatic rings. The predicted molar refractivity (Wildman–Crippen MR) is 68.5 cm³/mol. The Morgan fingerprint density at radius 3 is 2.59 bits per heavy atom. The van der Waals surface area contributed by atoms with Crippen molar-refractivity contribution in [3.05, 3.63) is 0 Å². The number of hydrogen-bond acceptors (Lipinski definition) is 3. The molecule has 96 valence electrons. The third-order valence-corrected chi connectivity index (χ3v) is 5.35. The van der Waals surface area contributed by atoms with E-state index in [1.807, 2.05) is 0 Å². The molecule has 0 saturated heterocycles. The van der Waals surface area contributed by atoms with Crippen molar-refractivity contribution in [3.63, 3.8) is 0 Å². The third kappa shape index (κ3) is 1.88. The first kappa shape index (κ1) is 11.5. The van der Waals surface area contributed by atoms with Crippen LogP contribution < -0.4 is 0 Å². The van der Waals surface area contributed by atoms with Crippen molar-refractivity contribution in [1.82, 2.24) is 4.90 Å². The standard InChI is InChI=1S/C14H24N2O/c1-16(12-5-3-2-4-6-12)14-11-8-7-10(9-11)13(14)15-17/h10-12,14,17H,2-9H2,1H3/b15-13-/t10-,11-,14-/m0/s1. The lowest BCUT2D eigenvalue weighted by atomic mass is 9.88. The van der Waals surface area contributed by atoms with Crippen LogP contribution in [0, 0.1) is 11.8 Å². The molecule has 0 heterocycles. The molecule has 3 rings (SSSR count). The normalized spacial score (nSPS) is 40.6. The molecule has 3 nitrogen and oxygen atoms in total. The highest BCUT2D eigenvalue weighted by atomic mass is 16.4. The van der Waals surface area contributed by atoms with E-state index in [4.69, 9.17) is 0 Å². The minimum absolute atomic E-state index is 0.446. The van der Waals surface area contributed by atoms with Crippen molar-refractivity contribution in [3.8, 4) is 0 Å². The Bertz CT molecular complexity index is 309. The molecule has 3 aliphatic rings. The smallest absolute Gasteiger partial charge is 0.0775 e. The highest BCUT2D eigenvalue weighted by Gasteiger charge is 2.48. The number of oxime groups is 1. The second kappa shape index (κ2) is 4.60. The maximum atomic E-state index is 9.27. The summed E-state index contributed by atoms with van der Waals surface area (Å²) in [6.07, 6.45) is 10.7. The van der Waals surface area contributed by atoms with E-state index in [-0.39, 0.29) is 0 Å². The van der Waals surface area contributed by atoms with Crippen LogP contribution in [0.5, 0.6) is 0 Å². The molecule has 0 spiro atoms. The Kier molecular flexibility index (Phi) is 3.12. The molecule has 0 unspecified atom stereocenters. The summed E-state index contributed by atoms with van der Waals surface area (Å²) in [6.45, 7) is 0. The molecule has 0 radical (unpaired) electrons. The molecule has 0 aliphatic heterocycles. The fourth-order valence-electron chi connectivity index (χ4n) is 4.45. The predicted octanol–water partition coefficient (Wildman–Crippen LogP) is 2.88. The van der Waals surface area contributed by atoms with Gasteiger partial charge in [0.2, 0.25) is 0 Å². The number of rotatable bonds is 2. The van der Waals surface area contributed by atoms with Gasteiger partial charge >= 0.3 is 0 Å². The highest BCUT2D eigenvalue weighted by molar-refractivity contribution is 5.94. The average Bonchev–Trinajstić information content (AvgIpc) is 2.98. The topological polar surface area (TPSA) is 35.8 Å². The Hall–Kier alpha value is -0.570. The van der Waals surface area contributed by atoms with Gasteiger partial charge in [-0.1, -0.05) is 24.4 Å². The van der Waals surface area contributed by atoms with Gasteiger partial charge in [-0.25, -0.2) is 0 Å². The van der Waals surface area contributed by atoms with Crippen LogP contribution >= 0.6 is 0 Å². The Labute approximate surface area is 104 Å². The fourth-order valence-corrected chi connectivity index (χ4v) is 4.45. The Morgan fingerprint density at radius 1 is 1.12 bits per heavy atom. The van der Waals surface area contributed by atoms with Crippen LogP contribution in [0.15, 0.2) is 5.16 Å². The lowest BCUT2D eigenvalue weighted by Crippen LogP contribution is -2.48. The van der Waals surface area contributed by atoms with Gasteiger partial charge in [0.05, 0.1) is 11.8 Å². The zero-order chi connectivity index (χ0) is 11.8. The summed E-state index contributed by atoms with van der Waals surface area (Å²) in [5, 5.41) is 12.9. The number of nitrogens with zero attached hydrogens (tertiary/aromatic N) is 2. The van der Waals surface area contributed by atoms with E-state index in [0.717, 1.165) is 17.7 Å². The number of hydrogen-bond donors (Lipinski definition) is 1. The molecule has 17 heavy (non-hydrogen) atoms. The molecular weight excluding hydrogens is 212 g/mol. The lowest BCUT2D eigenvalue weighted by Gasteiger charge is -2.39. The molecule has 3 heteroatoms. The maximum Gasteiger partial charge on any atom is 0.0775 e. The minimum atomic E-state index is 0.446. The van der Waals surface area contributed by atoms with Gasteiger partial charge in [-0.05, 0) is 45.1 Å². The van der Waals surface area contributed by atoms with Crippen molar-refractivity contribution in [2.24, 2.45) is 17.0 Å². The maximum absolute atomic E-state index is 9.27. The summed E-state index contributed by atoms with van der Waals surface area (Å²) < 4.78 is 0. The van der Waals surface area contributed by atoms with E-state index < -0.39 is 0 Å². The minimum Gasteiger partial charge on any atom is -0.411 e. The van der Waals surface area contributed by atoms with Crippen LogP contribution in [0.3, 0.4) is 0 Å². The first-order chi connectivity index (χ1) is 8.31. The van der Waals surface area contributed by atoms with Crippen molar-refractivity contribution >= 4 is 5.71 Å². The molecular formula is C14H24N2O. The first-order valence-corrected chi connectivity index (χ1v) is 7.25. The third-order valence-electron chi connectivity index (χ3n) is 5.35. The zero-order valence-electron chi connectivity index (χ0n) is 10.8. The SMILES string of the molecule is CN(C1CCCCC1)[C@@H]1/C(=N\O)[C@H]2CC[C@H]1C2. The van der Waals surface area contributed by atoms with Crippen LogP contribution in [-0.2, 0) is 0 Å². The molecule has 0 amide bonds. The molecule has 3 saturated carbocycles. The second-order valence-corrected chi connectivity index (χ2v) is 6.20. The van der Waals surface area contributed by atoms with Gasteiger partial charge in [-0.15, -0.1) is 0 Å². The van der Waals surface area contributed by atoms with Gasteiger partial charge in [0, 0.05) is 12.0 Å². The van der Waals surface area contributed by atoms with Gasteiger partial charge in [-0.2, -0.15) is 0 Å². The van der Waals surface area contributed by atoms with Crippen LogP contribution in [-0.4, -0.2) is 35.0 Å². The summed E-state index contributed by atoms with van der Waals surface area (Å²) in [5.74, 6) is 1.35. The first-order valence-electron chi connectivity index (χ1n) is 7.25. The van der Waals surface area contributed by atoms with Gasteiger partial charge < -0.3 is 5.21 Å². The Balaban J connectivity index is 1.74. The molecule has 0 aromatic carbocycles. The molecule has 3 aliphatic carbocycles. The molecule has 3 atom stereocenters. The summed E-state index contributed by atoms with van der Waals surface area (Å²) >= 11 is 0. The summed E-state index contributed by atoms with van der Waals surface area (Å²) in [6, 6.07) is 1.17. The van der Waals surface area contributed by atoms with Crippen molar-refractivity contribution in [2.75, 3.05) is 7.05 Å². The van der Waals surface area contributed by atoms with Crippen molar-refractivity contribution < 1.29 is 5.21 Å². The lowest BCUT2D eigenvalue weighted by molar-refractivity contribution is 0.138. The Morgan fingerprint density at radius 2 is 1.88 bits per heavy atom. The van der Waals surface area contributed by atoms with Gasteiger partial charge in [0.25, 0.3) is 0 Å². The molecule has 2 bridgehead atoms. The monoisotopic (exact) mass is 236 g/mol. The van der Waals surface area contributed by atoms with E-state index >= 15 is 0 Å². The van der Waals surface area contributed by atoms with Crippen LogP contribution in [0.2, 0.25) is 0 Å². The van der Waals surface area contributed by atoms with Crippen LogP contribution in [0.25, 0.3) is 0 Å². The van der Waals surface area contributed by atoms with E-state index in [9.17, 15) is 5.21 Å². The average molecular weight is 236 g/mol. The fraction of sp³-hybridized carbons (Fsp3) is 0.929. The molecule has 0 aromatic heterocycles. The number of fused-ring (bicyclic) bond motifs is 2. The van der Waals surface area contributed by atoms with Crippen LogP contribution in [0.4, 0.5) is 0 Å². The molecule has 1 N–H and O–H groups in total. The summed E-state index contributed by atoms with van der Waals surface area (Å²) in [5.41, 5.74) is 1.09. The molecule has 3 fully saturated rings. The highest BCUT2D eigenvalue weighted by Crippen LogP contribution is 2.45. The quantitative estimate of drug-likeness (QED) is 0.591. The van der Waals surface area contributed by atoms with Crippen LogP contribution in [0.1, 0.15) is 51.4 Å². The van der Waals surface area contributed by atoms with E-state index in [1.165, 1.54) is 51.4 Å². The van der Waals surface area contributed by atoms with E-state index in [2.05, 4.69) is 17.1 Å².